The van der Waals surface area contributed by atoms with Crippen LogP contribution in [-0.2, 0) is 11.2 Å². The standard InChI is InChI=1S/C12H9Cl3F2N2O4/c1-2-3-7-4-8(19(21)22)10(18-6-20)9(5-7)23-12(16,17)11(13,14)15/h4-5H,2-3H2,1H3. The smallest absolute Gasteiger partial charge is 0.427 e. The van der Waals surface area contributed by atoms with Crippen LogP contribution in [0.3, 0.4) is 0 Å². The second kappa shape index (κ2) is 7.40. The van der Waals surface area contributed by atoms with E-state index in [1.807, 2.05) is 0 Å². The van der Waals surface area contributed by atoms with Gasteiger partial charge in [0.2, 0.25) is 6.08 Å². The summed E-state index contributed by atoms with van der Waals surface area (Å²) >= 11 is 15.4. The van der Waals surface area contributed by atoms with Crippen molar-refractivity contribution in [2.24, 2.45) is 4.99 Å². The zero-order valence-electron chi connectivity index (χ0n) is 11.5. The predicted octanol–water partition coefficient (Wildman–Crippen LogP) is 4.86. The van der Waals surface area contributed by atoms with Crippen LogP contribution < -0.4 is 4.74 Å². The first-order chi connectivity index (χ1) is 10.5. The Kier molecular flexibility index (Phi) is 6.30. The minimum absolute atomic E-state index is 0.319. The van der Waals surface area contributed by atoms with Gasteiger partial charge in [-0.25, -0.2) is 4.79 Å². The molecule has 0 atom stereocenters. The van der Waals surface area contributed by atoms with Crippen molar-refractivity contribution in [3.63, 3.8) is 0 Å². The molecule has 0 radical (unpaired) electrons. The number of nitrogens with zero attached hydrogens (tertiary/aromatic N) is 2. The van der Waals surface area contributed by atoms with Gasteiger partial charge in [0.05, 0.1) is 4.92 Å². The van der Waals surface area contributed by atoms with Gasteiger partial charge in [-0.15, -0.1) is 0 Å². The van der Waals surface area contributed by atoms with Crippen molar-refractivity contribution in [2.75, 3.05) is 0 Å². The Hall–Kier alpha value is -1.47. The zero-order chi connectivity index (χ0) is 17.8. The van der Waals surface area contributed by atoms with Gasteiger partial charge in [0.1, 0.15) is 0 Å². The molecule has 1 aromatic carbocycles. The predicted molar refractivity (Wildman–Crippen MR) is 80.7 cm³/mol. The number of nitro benzene ring substituents is 1. The average molecular weight is 390 g/mol. The van der Waals surface area contributed by atoms with E-state index >= 15 is 0 Å². The van der Waals surface area contributed by atoms with E-state index in [0.717, 1.165) is 18.2 Å². The number of benzene rings is 1. The van der Waals surface area contributed by atoms with E-state index in [0.29, 0.717) is 18.4 Å². The summed E-state index contributed by atoms with van der Waals surface area (Å²) in [5, 5.41) is 11.1. The van der Waals surface area contributed by atoms with Gasteiger partial charge in [-0.2, -0.15) is 13.8 Å². The number of alkyl halides is 5. The molecule has 1 aromatic rings. The van der Waals surface area contributed by atoms with Crippen LogP contribution in [-0.4, -0.2) is 20.9 Å². The lowest BCUT2D eigenvalue weighted by molar-refractivity contribution is -0.384. The lowest BCUT2D eigenvalue weighted by Crippen LogP contribution is -2.39. The molecule has 0 aromatic heterocycles. The molecule has 0 N–H and O–H groups in total. The van der Waals surface area contributed by atoms with Crippen LogP contribution in [0.4, 0.5) is 20.2 Å². The SMILES string of the molecule is CCCc1cc(OC(F)(F)C(Cl)(Cl)Cl)c(N=C=O)c([N+](=O)[O-])c1. The van der Waals surface area contributed by atoms with E-state index in [1.54, 1.807) is 6.92 Å². The minimum Gasteiger partial charge on any atom is -0.427 e. The highest BCUT2D eigenvalue weighted by Crippen LogP contribution is 2.47. The molecule has 6 nitrogen and oxygen atoms in total. The highest BCUT2D eigenvalue weighted by molar-refractivity contribution is 6.68. The molecule has 0 amide bonds. The van der Waals surface area contributed by atoms with Crippen LogP contribution in [0.25, 0.3) is 0 Å². The molecule has 126 valence electrons. The number of halogens is 5. The molecule has 0 bridgehead atoms. The summed E-state index contributed by atoms with van der Waals surface area (Å²) in [6, 6.07) is 2.16. The molecule has 0 saturated carbocycles. The van der Waals surface area contributed by atoms with E-state index in [-0.39, 0.29) is 0 Å². The number of aryl methyl sites for hydroxylation is 1. The van der Waals surface area contributed by atoms with Gasteiger partial charge in [-0.1, -0.05) is 48.1 Å². The lowest BCUT2D eigenvalue weighted by Gasteiger charge is -2.24. The van der Waals surface area contributed by atoms with Crippen LogP contribution in [0.5, 0.6) is 5.75 Å². The quantitative estimate of drug-likeness (QED) is 0.229. The molecule has 0 fully saturated rings. The van der Waals surface area contributed by atoms with Crippen molar-refractivity contribution < 1.29 is 23.2 Å². The maximum Gasteiger partial charge on any atom is 0.446 e. The number of isocyanates is 1. The van der Waals surface area contributed by atoms with Gasteiger partial charge in [0, 0.05) is 6.07 Å². The van der Waals surface area contributed by atoms with Crippen LogP contribution in [0.15, 0.2) is 17.1 Å². The molecule has 0 saturated heterocycles. The van der Waals surface area contributed by atoms with Gasteiger partial charge >= 0.3 is 6.11 Å². The summed E-state index contributed by atoms with van der Waals surface area (Å²) in [5.41, 5.74) is -1.12. The second-order valence-electron chi connectivity index (χ2n) is 4.29. The first kappa shape index (κ1) is 19.6. The van der Waals surface area contributed by atoms with Gasteiger partial charge < -0.3 is 4.74 Å². The largest absolute Gasteiger partial charge is 0.446 e. The van der Waals surface area contributed by atoms with Crippen LogP contribution >= 0.6 is 34.8 Å². The van der Waals surface area contributed by atoms with E-state index in [1.165, 1.54) is 0 Å². The summed E-state index contributed by atoms with van der Waals surface area (Å²) in [4.78, 5) is 23.7. The topological polar surface area (TPSA) is 81.8 Å². The van der Waals surface area contributed by atoms with Crippen LogP contribution in [0.1, 0.15) is 18.9 Å². The van der Waals surface area contributed by atoms with E-state index in [4.69, 9.17) is 34.8 Å². The highest BCUT2D eigenvalue weighted by Gasteiger charge is 2.54. The third kappa shape index (κ3) is 4.75. The molecule has 0 spiro atoms. The summed E-state index contributed by atoms with van der Waals surface area (Å²) in [6.07, 6.45) is -2.36. The fraction of sp³-hybridized carbons (Fsp3) is 0.417. The highest BCUT2D eigenvalue weighted by atomic mass is 35.6. The van der Waals surface area contributed by atoms with Gasteiger partial charge in [0.15, 0.2) is 11.4 Å². The van der Waals surface area contributed by atoms with Crippen LogP contribution in [0.2, 0.25) is 0 Å². The monoisotopic (exact) mass is 388 g/mol. The number of ether oxygens (including phenoxy) is 1. The van der Waals surface area contributed by atoms with E-state index < -0.39 is 31.9 Å². The van der Waals surface area contributed by atoms with Crippen molar-refractivity contribution in [3.05, 3.63) is 27.8 Å². The number of hydrogen-bond donors (Lipinski definition) is 0. The zero-order valence-corrected chi connectivity index (χ0v) is 13.8. The number of carbonyl (C=O) groups excluding carboxylic acids is 1. The third-order valence-corrected chi connectivity index (χ3v) is 3.24. The molecule has 0 aliphatic carbocycles. The average Bonchev–Trinajstić information content (AvgIpc) is 2.39. The summed E-state index contributed by atoms with van der Waals surface area (Å²) < 4.78 is 28.7. The van der Waals surface area contributed by atoms with Crippen molar-refractivity contribution in [1.82, 2.24) is 0 Å². The Labute approximate surface area is 144 Å². The first-order valence-electron chi connectivity index (χ1n) is 6.06. The Morgan fingerprint density at radius 1 is 1.39 bits per heavy atom. The molecule has 0 unspecified atom stereocenters. The maximum absolute atomic E-state index is 13.8. The normalized spacial score (nSPS) is 11.7. The number of nitro groups is 1. The molecular formula is C12H9Cl3F2N2O4. The molecule has 23 heavy (non-hydrogen) atoms. The number of hydrogen-bond acceptors (Lipinski definition) is 5. The molecule has 0 heterocycles. The third-order valence-electron chi connectivity index (χ3n) is 2.58. The summed E-state index contributed by atoms with van der Waals surface area (Å²) in [7, 11) is 0. The van der Waals surface area contributed by atoms with Crippen molar-refractivity contribution >= 4 is 52.3 Å². The number of aliphatic imine (C=N–C) groups is 1. The molecule has 11 heteroatoms. The summed E-state index contributed by atoms with van der Waals surface area (Å²) in [5.74, 6) is -0.762. The van der Waals surface area contributed by atoms with Gasteiger partial charge in [-0.3, -0.25) is 10.1 Å². The molecule has 0 aliphatic heterocycles. The molecular weight excluding hydrogens is 380 g/mol. The van der Waals surface area contributed by atoms with Crippen molar-refractivity contribution in [2.45, 2.75) is 29.7 Å². The maximum atomic E-state index is 13.8. The number of rotatable bonds is 6. The molecule has 0 aliphatic rings. The Balaban J connectivity index is 3.54. The van der Waals surface area contributed by atoms with Gasteiger partial charge in [-0.05, 0) is 18.1 Å². The lowest BCUT2D eigenvalue weighted by atomic mass is 10.1. The fourth-order valence-electron chi connectivity index (χ4n) is 1.65. The van der Waals surface area contributed by atoms with Crippen molar-refractivity contribution in [3.8, 4) is 5.75 Å². The van der Waals surface area contributed by atoms with Crippen molar-refractivity contribution in [1.29, 1.82) is 0 Å². The fourth-order valence-corrected chi connectivity index (χ4v) is 1.77. The Morgan fingerprint density at radius 3 is 2.43 bits per heavy atom. The van der Waals surface area contributed by atoms with E-state index in [9.17, 15) is 23.7 Å². The molecule has 1 rings (SSSR count). The first-order valence-corrected chi connectivity index (χ1v) is 7.19. The van der Waals surface area contributed by atoms with E-state index in [2.05, 4.69) is 9.73 Å². The van der Waals surface area contributed by atoms with Gasteiger partial charge in [0.25, 0.3) is 9.48 Å². The minimum atomic E-state index is -4.32. The summed E-state index contributed by atoms with van der Waals surface area (Å²) in [6.45, 7) is 1.78. The van der Waals surface area contributed by atoms with Crippen LogP contribution in [0, 0.1) is 10.1 Å². The Morgan fingerprint density at radius 2 is 2.00 bits per heavy atom. The Bertz CT molecular complexity index is 658. The second-order valence-corrected chi connectivity index (χ2v) is 6.57.